The lowest BCUT2D eigenvalue weighted by Crippen LogP contribution is -2.47. The lowest BCUT2D eigenvalue weighted by Gasteiger charge is -2.36. The average Bonchev–Trinajstić information content (AvgIpc) is 1.65. The zero-order valence-corrected chi connectivity index (χ0v) is 86.3. The van der Waals surface area contributed by atoms with Crippen LogP contribution in [0.15, 0.2) is 104 Å². The van der Waals surface area contributed by atoms with Crippen LogP contribution in [-0.4, -0.2) is 193 Å². The molecular weight excluding hydrogens is 1610 g/mol. The SMILES string of the molecule is CC(C)CO[C@H]1CCOC[C@H]1F.CC(C)C[C@H]1CCOC1.CC(C)N[C@@H]1C[C@@H]1F.CC(C)N[C@@H]1C[C@H]1c1cnn(C)c1.CC(C)N[C@H]1C[C@@H]1C.CC(C)N[C@H]1C[C@H]1F.CC(C)[C@@H](C)Cc1ccccc1.CC(C)[C@H](O)Cc1ccccc1.CC(C)[C@H]1CCc2cnn(C)c2C1.CC(C)[C@H]1Cc2ccccc2CO1.COC1CC(NC(C)C)C1.COC1CC(NC(C)C)C1. The van der Waals surface area contributed by atoms with Gasteiger partial charge in [0.2, 0.25) is 0 Å². The smallest absolute Gasteiger partial charge is 0.149 e. The number of halogens is 3. The number of nitrogens with zero attached hydrogens (tertiary/aromatic N) is 4. The zero-order valence-electron chi connectivity index (χ0n) is 86.3. The van der Waals surface area contributed by atoms with Crippen LogP contribution < -0.4 is 31.9 Å². The Labute approximate surface area is 780 Å². The summed E-state index contributed by atoms with van der Waals surface area (Å²) in [6.45, 7) is 60.9. The van der Waals surface area contributed by atoms with E-state index in [-0.39, 0.29) is 30.9 Å². The number of aryl methyl sites for hydroxylation is 3. The molecular formula is C108H191F3N10O7. The summed E-state index contributed by atoms with van der Waals surface area (Å²) in [7, 11) is 7.60. The predicted octanol–water partition coefficient (Wildman–Crippen LogP) is 21.8. The van der Waals surface area contributed by atoms with Gasteiger partial charge in [-0.15, -0.1) is 0 Å². The Kier molecular flexibility index (Phi) is 56.8. The summed E-state index contributed by atoms with van der Waals surface area (Å²) < 4.78 is 72.8. The van der Waals surface area contributed by atoms with Crippen LogP contribution in [0.4, 0.5) is 13.2 Å². The summed E-state index contributed by atoms with van der Waals surface area (Å²) in [6, 6.07) is 36.0. The predicted molar refractivity (Wildman–Crippen MR) is 531 cm³/mol. The second-order valence-corrected chi connectivity index (χ2v) is 42.4. The van der Waals surface area contributed by atoms with E-state index in [0.29, 0.717) is 116 Å². The molecule has 2 aromatic heterocycles. The van der Waals surface area contributed by atoms with Crippen LogP contribution in [0.1, 0.15) is 302 Å². The molecule has 15 atom stereocenters. The standard InChI is InChI=1S/C12H16O.C12H18.C11H18N2.C11H16O.C10H17N3.C9H17FO2.2C8H17NO.C8H16O.C7H15N.2C6H12FN/c1-9(2)12-7-10-5-3-4-6-11(10)8-13-12;1-10(2)11(3)9-12-7-5-4-6-8-12;1-8(2)9-4-5-10-7-12-13(3)11(10)6-9;1-9(2)11(12)8-10-6-4-3-5-7-10;1-7(2)12-10-4-9(10)8-5-11-13(3)6-8;1-7(2)5-12-9-3-4-11-6-8(9)10;2*1-6(2)9-7-4-8(5-7)10-3;1-7(2)5-8-3-4-9-6-8;1-5(2)8-7-4-6(7)3;2*1-4(2)8-6-3-5(6)7/h3-6,9,12H,7-8H2,1-2H3;4-8,10-11H,9H2,1-3H3;7-9H,4-6H2,1-3H3;3-7,9,11-12H,8H2,1-2H3;5-7,9-10,12H,4H2,1-3H3;7-9H,3-6H2,1-2H3;2*6-9H,4-5H2,1-3H3;7-8H,3-6H2,1-2H3;5-8H,4H2,1-3H3;2*4-6,8H,3H2,1-2H3/t12-;11-;9-;11-;9-,10+;8-,9+;;;8-;6-,7-;2*5-,6+/m100101..1010/s1. The van der Waals surface area contributed by atoms with Crippen molar-refractivity contribution in [1.82, 2.24) is 51.5 Å². The highest BCUT2D eigenvalue weighted by atomic mass is 19.1. The van der Waals surface area contributed by atoms with Crippen molar-refractivity contribution in [2.75, 3.05) is 47.3 Å². The van der Waals surface area contributed by atoms with Crippen LogP contribution in [0.25, 0.3) is 0 Å². The molecule has 7 N–H and O–H groups in total. The van der Waals surface area contributed by atoms with Crippen LogP contribution >= 0.6 is 0 Å². The molecule has 7 aliphatic carbocycles. The molecule has 0 radical (unpaired) electrons. The van der Waals surface area contributed by atoms with E-state index < -0.39 is 18.5 Å². The lowest BCUT2D eigenvalue weighted by molar-refractivity contribution is -0.0896. The third kappa shape index (κ3) is 51.2. The second kappa shape index (κ2) is 62.8. The van der Waals surface area contributed by atoms with Crippen LogP contribution in [-0.2, 0) is 81.2 Å². The van der Waals surface area contributed by atoms with Crippen LogP contribution in [0, 0.1) is 59.2 Å². The number of hydrogen-bond acceptors (Lipinski definition) is 15. The average molecular weight is 1800 g/mol. The van der Waals surface area contributed by atoms with Gasteiger partial charge in [0.25, 0.3) is 0 Å². The maximum atomic E-state index is 13.0. The molecule has 3 aromatic carbocycles. The summed E-state index contributed by atoms with van der Waals surface area (Å²) in [5.41, 5.74) is 9.80. The number of methoxy groups -OCH3 is 2. The van der Waals surface area contributed by atoms with Crippen LogP contribution in [0.2, 0.25) is 0 Å². The number of aliphatic hydroxyl groups excluding tert-OH is 1. The van der Waals surface area contributed by atoms with E-state index in [0.717, 1.165) is 93.0 Å². The first-order valence-corrected chi connectivity index (χ1v) is 50.3. The second-order valence-electron chi connectivity index (χ2n) is 42.4. The molecule has 736 valence electrons. The number of nitrogens with one attached hydrogen (secondary N) is 6. The van der Waals surface area contributed by atoms with E-state index in [1.807, 2.05) is 101 Å². The summed E-state index contributed by atoms with van der Waals surface area (Å²) in [6.07, 6.45) is 24.1. The molecule has 3 aliphatic heterocycles. The van der Waals surface area contributed by atoms with Gasteiger partial charge in [-0.3, -0.25) is 9.36 Å². The molecule has 5 aromatic rings. The van der Waals surface area contributed by atoms with Gasteiger partial charge in [-0.2, -0.15) is 10.2 Å². The van der Waals surface area contributed by atoms with E-state index >= 15 is 0 Å². The number of benzene rings is 3. The van der Waals surface area contributed by atoms with Crippen molar-refractivity contribution in [2.24, 2.45) is 73.3 Å². The number of hydrogen-bond donors (Lipinski definition) is 7. The highest BCUT2D eigenvalue weighted by Crippen LogP contribution is 2.41. The lowest BCUT2D eigenvalue weighted by atomic mass is 9.81. The molecule has 5 heterocycles. The minimum Gasteiger partial charge on any atom is -0.393 e. The summed E-state index contributed by atoms with van der Waals surface area (Å²) in [4.78, 5) is 0. The van der Waals surface area contributed by atoms with Gasteiger partial charge in [-0.1, -0.05) is 265 Å². The van der Waals surface area contributed by atoms with Gasteiger partial charge >= 0.3 is 0 Å². The van der Waals surface area contributed by atoms with Crippen molar-refractivity contribution in [2.45, 2.75) is 423 Å². The van der Waals surface area contributed by atoms with E-state index in [4.69, 9.17) is 28.4 Å². The fourth-order valence-electron chi connectivity index (χ4n) is 16.0. The molecule has 0 bridgehead atoms. The molecule has 20 heteroatoms. The number of ether oxygens (including phenoxy) is 6. The topological polar surface area (TPSA) is 183 Å². The number of aromatic nitrogens is 4. The van der Waals surface area contributed by atoms with Gasteiger partial charge in [0.1, 0.15) is 18.5 Å². The minimum absolute atomic E-state index is 0.176. The molecule has 8 fully saturated rings. The van der Waals surface area contributed by atoms with Crippen LogP contribution in [0.5, 0.6) is 0 Å². The molecule has 6 saturated carbocycles. The van der Waals surface area contributed by atoms with Gasteiger partial charge in [0, 0.05) is 145 Å². The van der Waals surface area contributed by atoms with E-state index in [1.165, 1.54) is 116 Å². The highest BCUT2D eigenvalue weighted by Gasteiger charge is 2.40. The molecule has 17 nitrogen and oxygen atoms in total. The number of aliphatic hydroxyl groups is 1. The fourth-order valence-corrected chi connectivity index (χ4v) is 16.0. The summed E-state index contributed by atoms with van der Waals surface area (Å²) >= 11 is 0. The Morgan fingerprint density at radius 2 is 0.961 bits per heavy atom. The van der Waals surface area contributed by atoms with Gasteiger partial charge in [0.05, 0.1) is 56.1 Å². The number of rotatable bonds is 28. The monoisotopic (exact) mass is 1800 g/mol. The molecule has 0 spiro atoms. The Bertz CT molecular complexity index is 3410. The van der Waals surface area contributed by atoms with Crippen molar-refractivity contribution < 1.29 is 46.7 Å². The molecule has 2 saturated heterocycles. The normalized spacial score (nSPS) is 26.3. The maximum Gasteiger partial charge on any atom is 0.149 e. The van der Waals surface area contributed by atoms with Crippen LogP contribution in [0.3, 0.4) is 0 Å². The van der Waals surface area contributed by atoms with Gasteiger partial charge in [-0.25, -0.2) is 13.2 Å². The molecule has 0 unspecified atom stereocenters. The largest absolute Gasteiger partial charge is 0.393 e. The van der Waals surface area contributed by atoms with Gasteiger partial charge in [0.15, 0.2) is 0 Å². The molecule has 0 amide bonds. The zero-order chi connectivity index (χ0) is 95.3. The third-order valence-electron chi connectivity index (χ3n) is 25.0. The van der Waals surface area contributed by atoms with Crippen molar-refractivity contribution in [3.8, 4) is 0 Å². The van der Waals surface area contributed by atoms with Crippen molar-refractivity contribution in [3.63, 3.8) is 0 Å². The third-order valence-corrected chi connectivity index (χ3v) is 25.0. The first-order valence-electron chi connectivity index (χ1n) is 50.3. The van der Waals surface area contributed by atoms with E-state index in [1.54, 1.807) is 14.2 Å². The molecule has 128 heavy (non-hydrogen) atoms. The van der Waals surface area contributed by atoms with E-state index in [2.05, 4.69) is 248 Å². The first kappa shape index (κ1) is 116. The first-order chi connectivity index (χ1) is 60.5. The quantitative estimate of drug-likeness (QED) is 0.0251. The highest BCUT2D eigenvalue weighted by molar-refractivity contribution is 5.29. The molecule has 10 aliphatic rings. The van der Waals surface area contributed by atoms with Gasteiger partial charge in [-0.05, 0) is 202 Å². The van der Waals surface area contributed by atoms with E-state index in [9.17, 15) is 18.3 Å². The summed E-state index contributed by atoms with van der Waals surface area (Å²) in [5.74, 6) is 8.03. The Morgan fingerprint density at radius 3 is 1.36 bits per heavy atom. The summed E-state index contributed by atoms with van der Waals surface area (Å²) in [5, 5.41) is 38.2. The number of fused-ring (bicyclic) bond motifs is 2. The van der Waals surface area contributed by atoms with Crippen molar-refractivity contribution >= 4 is 0 Å². The Balaban J connectivity index is 0.000000294. The Morgan fingerprint density at radius 1 is 0.484 bits per heavy atom. The van der Waals surface area contributed by atoms with Crippen molar-refractivity contribution in [3.05, 3.63) is 143 Å². The fraction of sp³-hybridized carbons (Fsp3) is 0.778. The van der Waals surface area contributed by atoms with Gasteiger partial charge < -0.3 is 65.4 Å². The Hall–Kier alpha value is -4.65. The number of alkyl halides is 3. The maximum absolute atomic E-state index is 13.0. The van der Waals surface area contributed by atoms with Crippen molar-refractivity contribution in [1.29, 1.82) is 0 Å². The minimum atomic E-state index is -0.933. The molecule has 15 rings (SSSR count).